The molecule has 420 valence electrons. The number of benzene rings is 4. The summed E-state index contributed by atoms with van der Waals surface area (Å²) < 4.78 is 79.5. The molecule has 4 aliphatic rings. The molecular weight excluding hydrogens is 1080 g/mol. The normalized spacial score (nSPS) is 20.4. The number of hydrogen-bond acceptors (Lipinski definition) is 13. The maximum atomic E-state index is 16.4. The molecule has 2 unspecified atom stereocenters. The van der Waals surface area contributed by atoms with Crippen LogP contribution in [-0.2, 0) is 39.6 Å². The second-order valence-electron chi connectivity index (χ2n) is 23.0. The van der Waals surface area contributed by atoms with E-state index in [1.807, 2.05) is 38.1 Å². The van der Waals surface area contributed by atoms with Gasteiger partial charge in [-0.2, -0.15) is 4.31 Å². The standard InChI is InChI=1S/C57H63ClF2N6O11S2/c1-54(2,3)76-44(68)29-75-47-46(58)48(78-49(47)52(71)77-55(4,5)6)33-13-10-15-35(27-33)61-36-22-25-65(56(7,8)28-36)79(73,74)30-32-12-9-14-34(26-32)62-53(72)64-24-23-40(57(59,60)31-64)37-18-19-41-45-38(37)16-11-17-39(45)51(70)66(41)42-20-21-43(67)63-50(42)69/h9-19,26-27,36,40,42,61H,20-25,28-31H2,1-8H3,(H,62,72)(H,63,67,69)/t36-,40?,42?/m0/s1. The average Bonchev–Trinajstić information content (AvgIpc) is 4.10. The van der Waals surface area contributed by atoms with Crippen LogP contribution in [0.15, 0.2) is 78.9 Å². The Kier molecular flexibility index (Phi) is 15.5. The number of nitrogens with zero attached hydrogens (tertiary/aromatic N) is 3. The molecule has 0 spiro atoms. The number of sulfonamides is 1. The monoisotopic (exact) mass is 1140 g/mol. The molecule has 3 N–H and O–H groups in total. The molecule has 0 radical (unpaired) electrons. The number of ether oxygens (including phenoxy) is 3. The maximum Gasteiger partial charge on any atom is 0.352 e. The molecule has 0 aliphatic carbocycles. The summed E-state index contributed by atoms with van der Waals surface area (Å²) in [5.41, 5.74) is 0.574. The van der Waals surface area contributed by atoms with E-state index in [0.717, 1.165) is 21.9 Å². The van der Waals surface area contributed by atoms with Crippen molar-refractivity contribution < 1.29 is 60.2 Å². The van der Waals surface area contributed by atoms with Crippen molar-refractivity contribution in [3.8, 4) is 16.2 Å². The third-order valence-corrected chi connectivity index (χ3v) is 17.9. The fourth-order valence-corrected chi connectivity index (χ4v) is 14.4. The van der Waals surface area contributed by atoms with Gasteiger partial charge in [0, 0.05) is 53.4 Å². The van der Waals surface area contributed by atoms with Gasteiger partial charge < -0.3 is 29.7 Å². The van der Waals surface area contributed by atoms with Crippen molar-refractivity contribution in [3.05, 3.63) is 105 Å². The summed E-state index contributed by atoms with van der Waals surface area (Å²) in [5, 5.41) is 9.56. The smallest absolute Gasteiger partial charge is 0.352 e. The van der Waals surface area contributed by atoms with Gasteiger partial charge >= 0.3 is 18.0 Å². The number of urea groups is 1. The van der Waals surface area contributed by atoms with Crippen molar-refractivity contribution in [2.45, 2.75) is 134 Å². The number of imide groups is 1. The van der Waals surface area contributed by atoms with E-state index in [4.69, 9.17) is 25.8 Å². The van der Waals surface area contributed by atoms with Gasteiger partial charge in [-0.3, -0.25) is 24.6 Å². The molecule has 0 saturated carbocycles. The van der Waals surface area contributed by atoms with Crippen LogP contribution in [0.25, 0.3) is 21.2 Å². The van der Waals surface area contributed by atoms with Crippen LogP contribution in [-0.4, -0.2) is 114 Å². The first-order valence-electron chi connectivity index (χ1n) is 26.0. The minimum Gasteiger partial charge on any atom is -0.479 e. The molecule has 5 heterocycles. The van der Waals surface area contributed by atoms with Gasteiger partial charge in [-0.05, 0) is 140 Å². The molecule has 3 saturated heterocycles. The Labute approximate surface area is 466 Å². The molecule has 1 aromatic heterocycles. The number of likely N-dealkylation sites (tertiary alicyclic amines) is 1. The number of thiophene rings is 1. The number of amides is 5. The van der Waals surface area contributed by atoms with Gasteiger partial charge in [-0.15, -0.1) is 11.3 Å². The van der Waals surface area contributed by atoms with Gasteiger partial charge in [-0.1, -0.05) is 54.1 Å². The van der Waals surface area contributed by atoms with Crippen LogP contribution >= 0.6 is 22.9 Å². The Balaban J connectivity index is 0.824. The summed E-state index contributed by atoms with van der Waals surface area (Å²) in [6.45, 7) is 12.9. The van der Waals surface area contributed by atoms with E-state index >= 15 is 8.78 Å². The predicted molar refractivity (Wildman–Crippen MR) is 298 cm³/mol. The zero-order valence-corrected chi connectivity index (χ0v) is 47.5. The number of alkyl halides is 2. The lowest BCUT2D eigenvalue weighted by atomic mass is 9.83. The molecule has 4 aliphatic heterocycles. The lowest BCUT2D eigenvalue weighted by Gasteiger charge is -2.45. The van der Waals surface area contributed by atoms with Crippen LogP contribution in [0.5, 0.6) is 5.75 Å². The minimum atomic E-state index is -3.93. The number of piperidine rings is 3. The molecule has 79 heavy (non-hydrogen) atoms. The van der Waals surface area contributed by atoms with Crippen LogP contribution in [0.1, 0.15) is 125 Å². The third kappa shape index (κ3) is 12.2. The second-order valence-corrected chi connectivity index (χ2v) is 26.3. The number of carbonyl (C=O) groups is 6. The summed E-state index contributed by atoms with van der Waals surface area (Å²) in [6, 6.07) is 19.8. The number of carbonyl (C=O) groups excluding carboxylic acids is 6. The van der Waals surface area contributed by atoms with E-state index in [1.165, 1.54) is 15.3 Å². The fraction of sp³-hybridized carbons (Fsp3) is 0.439. The summed E-state index contributed by atoms with van der Waals surface area (Å²) >= 11 is 7.98. The van der Waals surface area contributed by atoms with Crippen molar-refractivity contribution >= 4 is 96.5 Å². The van der Waals surface area contributed by atoms with Gasteiger partial charge in [0.25, 0.3) is 11.8 Å². The Morgan fingerprint density at radius 3 is 2.28 bits per heavy atom. The zero-order valence-electron chi connectivity index (χ0n) is 45.1. The molecule has 0 bridgehead atoms. The molecule has 4 aromatic carbocycles. The van der Waals surface area contributed by atoms with Crippen LogP contribution < -0.4 is 25.6 Å². The maximum absolute atomic E-state index is 16.4. The van der Waals surface area contributed by atoms with Gasteiger partial charge in [0.1, 0.15) is 22.3 Å². The average molecular weight is 1150 g/mol. The number of hydrogen-bond donors (Lipinski definition) is 3. The van der Waals surface area contributed by atoms with Crippen molar-refractivity contribution in [2.75, 3.05) is 41.8 Å². The molecule has 5 aromatic rings. The molecule has 9 rings (SSSR count). The highest BCUT2D eigenvalue weighted by molar-refractivity contribution is 7.88. The van der Waals surface area contributed by atoms with E-state index in [2.05, 4.69) is 16.0 Å². The Hall–Kier alpha value is -6.68. The number of nitrogens with one attached hydrogen (secondary N) is 3. The molecule has 3 atom stereocenters. The summed E-state index contributed by atoms with van der Waals surface area (Å²) in [5.74, 6) is -7.86. The van der Waals surface area contributed by atoms with E-state index in [0.29, 0.717) is 50.9 Å². The molecule has 3 fully saturated rings. The minimum absolute atomic E-state index is 0.00400. The molecule has 5 amide bonds. The number of esters is 2. The number of halogens is 3. The SMILES string of the molecule is CC(C)(C)OC(=O)COc1c(C(=O)OC(C)(C)C)sc(-c2cccc(N[C@H]3CCN(S(=O)(=O)Cc4cccc(NC(=O)N5CCC(c6ccc7c8c(cccc68)C(=O)N7C6CCC(=O)NC6=O)C(F)(F)C5)c4)C(C)(C)C3)c2)c1Cl. The second kappa shape index (κ2) is 21.4. The van der Waals surface area contributed by atoms with E-state index in [-0.39, 0.29) is 71.0 Å². The number of rotatable bonds is 13. The zero-order chi connectivity index (χ0) is 57.1. The first-order valence-corrected chi connectivity index (χ1v) is 28.8. The van der Waals surface area contributed by atoms with Crippen molar-refractivity contribution in [1.29, 1.82) is 0 Å². The highest BCUT2D eigenvalue weighted by atomic mass is 35.5. The predicted octanol–water partition coefficient (Wildman–Crippen LogP) is 10.5. The Morgan fingerprint density at radius 2 is 1.58 bits per heavy atom. The summed E-state index contributed by atoms with van der Waals surface area (Å²) in [7, 11) is -3.93. The Morgan fingerprint density at radius 1 is 0.873 bits per heavy atom. The lowest BCUT2D eigenvalue weighted by Crippen LogP contribution is -2.55. The number of anilines is 3. The van der Waals surface area contributed by atoms with E-state index in [9.17, 15) is 37.2 Å². The van der Waals surface area contributed by atoms with Gasteiger partial charge in [0.15, 0.2) is 17.2 Å². The summed E-state index contributed by atoms with van der Waals surface area (Å²) in [6.07, 6.45) is 0.980. The highest BCUT2D eigenvalue weighted by Gasteiger charge is 2.49. The van der Waals surface area contributed by atoms with Crippen LogP contribution in [0.2, 0.25) is 5.02 Å². The van der Waals surface area contributed by atoms with Gasteiger partial charge in [-0.25, -0.2) is 31.6 Å². The quantitative estimate of drug-likeness (QED) is 0.0743. The fourth-order valence-electron chi connectivity index (χ4n) is 11.0. The van der Waals surface area contributed by atoms with Gasteiger partial charge in [0.2, 0.25) is 21.8 Å². The first-order chi connectivity index (χ1) is 37.0. The van der Waals surface area contributed by atoms with Crippen LogP contribution in [0.4, 0.5) is 30.6 Å². The van der Waals surface area contributed by atoms with Crippen LogP contribution in [0.3, 0.4) is 0 Å². The highest BCUT2D eigenvalue weighted by Crippen LogP contribution is 2.49. The van der Waals surface area contributed by atoms with Crippen molar-refractivity contribution in [1.82, 2.24) is 14.5 Å². The Bertz CT molecular complexity index is 3410. The largest absolute Gasteiger partial charge is 0.479 e. The lowest BCUT2D eigenvalue weighted by molar-refractivity contribution is -0.157. The van der Waals surface area contributed by atoms with Crippen molar-refractivity contribution in [2.24, 2.45) is 0 Å². The summed E-state index contributed by atoms with van der Waals surface area (Å²) in [4.78, 5) is 81.0. The first kappa shape index (κ1) is 57.0. The molecular formula is C57H63ClF2N6O11S2. The topological polar surface area (TPSA) is 210 Å². The third-order valence-electron chi connectivity index (χ3n) is 14.2. The molecule has 17 nitrogen and oxygen atoms in total. The van der Waals surface area contributed by atoms with E-state index < -0.39 is 93.5 Å². The van der Waals surface area contributed by atoms with Crippen molar-refractivity contribution in [3.63, 3.8) is 0 Å². The van der Waals surface area contributed by atoms with E-state index in [1.54, 1.807) is 90.1 Å². The van der Waals surface area contributed by atoms with Crippen LogP contribution in [0, 0.1) is 0 Å². The molecule has 22 heteroatoms. The van der Waals surface area contributed by atoms with Gasteiger partial charge in [0.05, 0.1) is 28.8 Å².